The molecule has 0 radical (unpaired) electrons. The Morgan fingerprint density at radius 3 is 2.62 bits per heavy atom. The normalized spacial score (nSPS) is 19.3. The Labute approximate surface area is 144 Å². The number of esters is 1. The number of hydrogen-bond donors (Lipinski definition) is 1. The lowest BCUT2D eigenvalue weighted by atomic mass is 9.95. The molecule has 0 saturated heterocycles. The highest BCUT2D eigenvalue weighted by molar-refractivity contribution is 5.84. The zero-order valence-corrected chi connectivity index (χ0v) is 14.5. The summed E-state index contributed by atoms with van der Waals surface area (Å²) in [5.41, 5.74) is 1.25. The molecule has 4 heteroatoms. The number of carbonyl (C=O) groups excluding carboxylic acids is 2. The standard InChI is InChI=1S/C20H27NO3/c1-15(13-14-17-9-5-3-6-10-17)21-19(22)16(2)24-20(23)18-11-7-4-8-12-18/h3-7,9-10,15-16,18H,8,11-14H2,1-2H3,(H,21,22)/t15-,16+,18+/m1/s1. The van der Waals surface area contributed by atoms with Crippen LogP contribution >= 0.6 is 0 Å². The molecule has 0 unspecified atom stereocenters. The zero-order valence-electron chi connectivity index (χ0n) is 14.5. The highest BCUT2D eigenvalue weighted by Gasteiger charge is 2.25. The van der Waals surface area contributed by atoms with Crippen molar-refractivity contribution >= 4 is 11.9 Å². The van der Waals surface area contributed by atoms with Crippen LogP contribution in [0, 0.1) is 5.92 Å². The first-order chi connectivity index (χ1) is 11.6. The molecular weight excluding hydrogens is 302 g/mol. The summed E-state index contributed by atoms with van der Waals surface area (Å²) in [5.74, 6) is -0.602. The first kappa shape index (κ1) is 18.2. The number of amides is 1. The average Bonchev–Trinajstić information content (AvgIpc) is 2.61. The van der Waals surface area contributed by atoms with E-state index in [2.05, 4.69) is 23.5 Å². The monoisotopic (exact) mass is 329 g/mol. The Kier molecular flexibility index (Phi) is 7.04. The van der Waals surface area contributed by atoms with Gasteiger partial charge in [0.05, 0.1) is 5.92 Å². The van der Waals surface area contributed by atoms with Crippen LogP contribution in [0.4, 0.5) is 0 Å². The van der Waals surface area contributed by atoms with E-state index in [-0.39, 0.29) is 23.8 Å². The first-order valence-corrected chi connectivity index (χ1v) is 8.76. The molecule has 0 saturated carbocycles. The summed E-state index contributed by atoms with van der Waals surface area (Å²) in [6, 6.07) is 10.2. The van der Waals surface area contributed by atoms with Crippen molar-refractivity contribution in [3.8, 4) is 0 Å². The maximum atomic E-state index is 12.2. The average molecular weight is 329 g/mol. The Balaban J connectivity index is 1.72. The Bertz CT molecular complexity index is 568. The predicted molar refractivity (Wildman–Crippen MR) is 94.4 cm³/mol. The molecule has 1 aliphatic carbocycles. The van der Waals surface area contributed by atoms with E-state index in [1.165, 1.54) is 5.56 Å². The van der Waals surface area contributed by atoms with Gasteiger partial charge in [0.25, 0.3) is 5.91 Å². The van der Waals surface area contributed by atoms with Crippen molar-refractivity contribution in [2.45, 2.75) is 58.1 Å². The third-order valence-electron chi connectivity index (χ3n) is 4.36. The van der Waals surface area contributed by atoms with E-state index in [9.17, 15) is 9.59 Å². The van der Waals surface area contributed by atoms with Crippen molar-refractivity contribution in [3.63, 3.8) is 0 Å². The fraction of sp³-hybridized carbons (Fsp3) is 0.500. The molecule has 0 bridgehead atoms. The second-order valence-electron chi connectivity index (χ2n) is 6.49. The summed E-state index contributed by atoms with van der Waals surface area (Å²) < 4.78 is 5.33. The first-order valence-electron chi connectivity index (χ1n) is 8.76. The predicted octanol–water partition coefficient (Wildman–Crippen LogP) is 3.41. The fourth-order valence-electron chi connectivity index (χ4n) is 2.79. The number of carbonyl (C=O) groups is 2. The number of rotatable bonds is 7. The molecule has 1 amide bonds. The van der Waals surface area contributed by atoms with E-state index in [1.807, 2.05) is 31.2 Å². The number of aryl methyl sites for hydroxylation is 1. The quantitative estimate of drug-likeness (QED) is 0.616. The van der Waals surface area contributed by atoms with Crippen LogP contribution in [-0.4, -0.2) is 24.0 Å². The molecule has 1 aliphatic rings. The number of nitrogens with one attached hydrogen (secondary N) is 1. The zero-order chi connectivity index (χ0) is 17.4. The van der Waals surface area contributed by atoms with Crippen molar-refractivity contribution in [1.82, 2.24) is 5.32 Å². The van der Waals surface area contributed by atoms with Crippen LogP contribution < -0.4 is 5.32 Å². The van der Waals surface area contributed by atoms with Gasteiger partial charge < -0.3 is 10.1 Å². The molecule has 1 aromatic carbocycles. The lowest BCUT2D eigenvalue weighted by Crippen LogP contribution is -2.41. The maximum absolute atomic E-state index is 12.2. The van der Waals surface area contributed by atoms with Crippen molar-refractivity contribution < 1.29 is 14.3 Å². The highest BCUT2D eigenvalue weighted by atomic mass is 16.5. The fourth-order valence-corrected chi connectivity index (χ4v) is 2.79. The van der Waals surface area contributed by atoms with Gasteiger partial charge in [-0.05, 0) is 51.5 Å². The van der Waals surface area contributed by atoms with Crippen LogP contribution in [0.15, 0.2) is 42.5 Å². The summed E-state index contributed by atoms with van der Waals surface area (Å²) in [4.78, 5) is 24.3. The molecule has 130 valence electrons. The van der Waals surface area contributed by atoms with Crippen LogP contribution in [-0.2, 0) is 20.7 Å². The summed E-state index contributed by atoms with van der Waals surface area (Å²) in [5, 5.41) is 2.93. The van der Waals surface area contributed by atoms with Gasteiger partial charge in [0, 0.05) is 6.04 Å². The van der Waals surface area contributed by atoms with E-state index in [4.69, 9.17) is 4.74 Å². The van der Waals surface area contributed by atoms with Crippen LogP contribution in [0.25, 0.3) is 0 Å². The minimum Gasteiger partial charge on any atom is -0.452 e. The van der Waals surface area contributed by atoms with Crippen molar-refractivity contribution in [3.05, 3.63) is 48.0 Å². The smallest absolute Gasteiger partial charge is 0.310 e. The molecule has 1 N–H and O–H groups in total. The molecule has 24 heavy (non-hydrogen) atoms. The Morgan fingerprint density at radius 2 is 1.96 bits per heavy atom. The largest absolute Gasteiger partial charge is 0.452 e. The summed E-state index contributed by atoms with van der Waals surface area (Å²) >= 11 is 0. The van der Waals surface area contributed by atoms with Gasteiger partial charge in [-0.15, -0.1) is 0 Å². The van der Waals surface area contributed by atoms with Gasteiger partial charge in [0.1, 0.15) is 0 Å². The number of allylic oxidation sites excluding steroid dienone is 2. The molecule has 1 aromatic rings. The van der Waals surface area contributed by atoms with Crippen molar-refractivity contribution in [2.75, 3.05) is 0 Å². The lowest BCUT2D eigenvalue weighted by Gasteiger charge is -2.21. The summed E-state index contributed by atoms with van der Waals surface area (Å²) in [6.45, 7) is 3.61. The molecule has 0 fully saturated rings. The van der Waals surface area contributed by atoms with Crippen LogP contribution in [0.1, 0.15) is 45.1 Å². The summed E-state index contributed by atoms with van der Waals surface area (Å²) in [7, 11) is 0. The molecule has 0 aliphatic heterocycles. The number of ether oxygens (including phenoxy) is 1. The van der Waals surface area contributed by atoms with Crippen LogP contribution in [0.3, 0.4) is 0 Å². The molecule has 0 aromatic heterocycles. The molecule has 0 heterocycles. The van der Waals surface area contributed by atoms with E-state index in [0.717, 1.165) is 25.7 Å². The van der Waals surface area contributed by atoms with Crippen molar-refractivity contribution in [1.29, 1.82) is 0 Å². The topological polar surface area (TPSA) is 55.4 Å². The second-order valence-corrected chi connectivity index (χ2v) is 6.49. The minimum atomic E-state index is -0.748. The minimum absolute atomic E-state index is 0.0384. The van der Waals surface area contributed by atoms with Gasteiger partial charge in [-0.25, -0.2) is 0 Å². The van der Waals surface area contributed by atoms with Gasteiger partial charge in [-0.1, -0.05) is 42.5 Å². The molecule has 4 nitrogen and oxygen atoms in total. The maximum Gasteiger partial charge on any atom is 0.310 e. The van der Waals surface area contributed by atoms with Gasteiger partial charge in [0.15, 0.2) is 6.10 Å². The van der Waals surface area contributed by atoms with E-state index < -0.39 is 6.10 Å². The van der Waals surface area contributed by atoms with Gasteiger partial charge in [-0.2, -0.15) is 0 Å². The van der Waals surface area contributed by atoms with E-state index in [0.29, 0.717) is 6.42 Å². The molecule has 0 spiro atoms. The SMILES string of the molecule is C[C@H](CCc1ccccc1)NC(=O)[C@H](C)OC(=O)[C@H]1CC=CCC1. The lowest BCUT2D eigenvalue weighted by molar-refractivity contribution is -0.159. The summed E-state index contributed by atoms with van der Waals surface area (Å²) in [6.07, 6.45) is 7.51. The van der Waals surface area contributed by atoms with Crippen LogP contribution in [0.5, 0.6) is 0 Å². The van der Waals surface area contributed by atoms with Gasteiger partial charge in [-0.3, -0.25) is 9.59 Å². The van der Waals surface area contributed by atoms with Gasteiger partial charge in [0.2, 0.25) is 0 Å². The van der Waals surface area contributed by atoms with Gasteiger partial charge >= 0.3 is 5.97 Å². The van der Waals surface area contributed by atoms with Crippen molar-refractivity contribution in [2.24, 2.45) is 5.92 Å². The number of benzene rings is 1. The number of hydrogen-bond acceptors (Lipinski definition) is 3. The molecule has 3 atom stereocenters. The van der Waals surface area contributed by atoms with Crippen LogP contribution in [0.2, 0.25) is 0 Å². The third-order valence-corrected chi connectivity index (χ3v) is 4.36. The Morgan fingerprint density at radius 1 is 1.21 bits per heavy atom. The highest BCUT2D eigenvalue weighted by Crippen LogP contribution is 2.20. The Hall–Kier alpha value is -2.10. The van der Waals surface area contributed by atoms with E-state index >= 15 is 0 Å². The van der Waals surface area contributed by atoms with E-state index in [1.54, 1.807) is 6.92 Å². The molecule has 2 rings (SSSR count). The third kappa shape index (κ3) is 5.84. The second kappa shape index (κ2) is 9.26. The molecular formula is C20H27NO3.